The summed E-state index contributed by atoms with van der Waals surface area (Å²) in [5.74, 6) is -1.77. The highest BCUT2D eigenvalue weighted by atomic mass is 16.4. The maximum absolute atomic E-state index is 11.8. The van der Waals surface area contributed by atoms with E-state index < -0.39 is 23.9 Å². The van der Waals surface area contributed by atoms with E-state index in [0.29, 0.717) is 0 Å². The first kappa shape index (κ1) is 17.2. The molecule has 0 aliphatic carbocycles. The molecule has 2 atom stereocenters. The van der Waals surface area contributed by atoms with E-state index >= 15 is 0 Å². The van der Waals surface area contributed by atoms with E-state index in [0.717, 1.165) is 19.6 Å². The Hall–Kier alpha value is -1.83. The molecule has 1 aliphatic rings. The van der Waals surface area contributed by atoms with Crippen molar-refractivity contribution in [3.05, 3.63) is 0 Å². The molecule has 1 heterocycles. The molecule has 0 aromatic heterocycles. The highest BCUT2D eigenvalue weighted by Crippen LogP contribution is 2.07. The van der Waals surface area contributed by atoms with Crippen LogP contribution >= 0.6 is 0 Å². The third-order valence-corrected chi connectivity index (χ3v) is 3.39. The number of rotatable bonds is 8. The Labute approximate surface area is 124 Å². The van der Waals surface area contributed by atoms with Crippen molar-refractivity contribution in [3.8, 4) is 0 Å². The second-order valence-electron chi connectivity index (χ2n) is 5.42. The number of nitrogens with two attached hydrogens (primary N) is 1. The predicted octanol–water partition coefficient (Wildman–Crippen LogP) is -0.511. The van der Waals surface area contributed by atoms with Crippen LogP contribution in [0.15, 0.2) is 0 Å². The molecule has 1 aliphatic heterocycles. The van der Waals surface area contributed by atoms with Crippen molar-refractivity contribution in [1.82, 2.24) is 15.5 Å². The Morgan fingerprint density at radius 2 is 1.86 bits per heavy atom. The highest BCUT2D eigenvalue weighted by Gasteiger charge is 2.22. The molecule has 8 heteroatoms. The Bertz CT molecular complexity index is 382. The summed E-state index contributed by atoms with van der Waals surface area (Å²) in [7, 11) is 0. The number of urea groups is 1. The van der Waals surface area contributed by atoms with Gasteiger partial charge in [-0.05, 0) is 39.3 Å². The first-order chi connectivity index (χ1) is 9.88. The fourth-order valence-electron chi connectivity index (χ4n) is 2.37. The Morgan fingerprint density at radius 3 is 2.38 bits per heavy atom. The highest BCUT2D eigenvalue weighted by molar-refractivity contribution is 5.83. The van der Waals surface area contributed by atoms with Gasteiger partial charge in [0.05, 0.1) is 0 Å². The van der Waals surface area contributed by atoms with Gasteiger partial charge in [0.25, 0.3) is 0 Å². The van der Waals surface area contributed by atoms with Crippen LogP contribution in [-0.4, -0.2) is 59.6 Å². The lowest BCUT2D eigenvalue weighted by Gasteiger charge is -2.22. The number of aliphatic carboxylic acids is 1. The monoisotopic (exact) mass is 300 g/mol. The molecule has 1 unspecified atom stereocenters. The van der Waals surface area contributed by atoms with Gasteiger partial charge in [-0.2, -0.15) is 0 Å². The van der Waals surface area contributed by atoms with Crippen molar-refractivity contribution in [2.45, 2.75) is 44.7 Å². The van der Waals surface area contributed by atoms with Crippen LogP contribution in [0.1, 0.15) is 32.6 Å². The fraction of sp³-hybridized carbons (Fsp3) is 0.769. The van der Waals surface area contributed by atoms with Crippen molar-refractivity contribution < 1.29 is 19.5 Å². The van der Waals surface area contributed by atoms with E-state index in [2.05, 4.69) is 15.5 Å². The number of amides is 3. The minimum absolute atomic E-state index is 0.0153. The summed E-state index contributed by atoms with van der Waals surface area (Å²) in [5, 5.41) is 14.1. The number of carboxylic acids is 1. The summed E-state index contributed by atoms with van der Waals surface area (Å²) in [4.78, 5) is 35.7. The van der Waals surface area contributed by atoms with E-state index in [1.54, 1.807) is 0 Å². The molecule has 1 rings (SSSR count). The molecule has 0 spiro atoms. The number of carbonyl (C=O) groups excluding carboxylic acids is 2. The maximum Gasteiger partial charge on any atom is 0.326 e. The largest absolute Gasteiger partial charge is 0.480 e. The van der Waals surface area contributed by atoms with Gasteiger partial charge in [0, 0.05) is 19.0 Å². The normalized spacial score (nSPS) is 18.0. The SMILES string of the molecule is CC(CN1CCCC1)NC(=O)N[C@H](CCC(N)=O)C(=O)O. The molecule has 21 heavy (non-hydrogen) atoms. The van der Waals surface area contributed by atoms with Gasteiger partial charge in [-0.3, -0.25) is 4.79 Å². The zero-order valence-electron chi connectivity index (χ0n) is 12.3. The van der Waals surface area contributed by atoms with Crippen LogP contribution in [0.3, 0.4) is 0 Å². The molecule has 5 N–H and O–H groups in total. The van der Waals surface area contributed by atoms with E-state index in [-0.39, 0.29) is 18.9 Å². The number of hydrogen-bond acceptors (Lipinski definition) is 4. The average molecular weight is 300 g/mol. The minimum atomic E-state index is -1.18. The number of likely N-dealkylation sites (tertiary alicyclic amines) is 1. The number of nitrogens with one attached hydrogen (secondary N) is 2. The molecule has 1 fully saturated rings. The summed E-state index contributed by atoms with van der Waals surface area (Å²) in [5.41, 5.74) is 4.98. The van der Waals surface area contributed by atoms with Crippen LogP contribution in [0.4, 0.5) is 4.79 Å². The number of hydrogen-bond donors (Lipinski definition) is 4. The Balaban J connectivity index is 2.34. The summed E-state index contributed by atoms with van der Waals surface area (Å²) < 4.78 is 0. The average Bonchev–Trinajstić information content (AvgIpc) is 2.86. The number of primary amides is 1. The lowest BCUT2D eigenvalue weighted by Crippen LogP contribution is -2.50. The molecule has 3 amide bonds. The van der Waals surface area contributed by atoms with Gasteiger partial charge in [0.2, 0.25) is 5.91 Å². The summed E-state index contributed by atoms with van der Waals surface area (Å²) in [6.07, 6.45) is 2.25. The number of carbonyl (C=O) groups is 3. The van der Waals surface area contributed by atoms with Gasteiger partial charge in [-0.1, -0.05) is 0 Å². The van der Waals surface area contributed by atoms with E-state index in [4.69, 9.17) is 10.8 Å². The summed E-state index contributed by atoms with van der Waals surface area (Å²) in [6.45, 7) is 4.68. The second-order valence-corrected chi connectivity index (χ2v) is 5.42. The van der Waals surface area contributed by atoms with Crippen LogP contribution in [0.5, 0.6) is 0 Å². The maximum atomic E-state index is 11.8. The predicted molar refractivity (Wildman–Crippen MR) is 76.7 cm³/mol. The molecule has 8 nitrogen and oxygen atoms in total. The van der Waals surface area contributed by atoms with Gasteiger partial charge in [0.1, 0.15) is 6.04 Å². The van der Waals surface area contributed by atoms with Crippen molar-refractivity contribution in [2.24, 2.45) is 5.73 Å². The standard InChI is InChI=1S/C13H24N4O4/c1-9(8-17-6-2-3-7-17)15-13(21)16-10(12(19)20)4-5-11(14)18/h9-10H,2-8H2,1H3,(H2,14,18)(H,19,20)(H2,15,16,21)/t9?,10-/m1/s1. The van der Waals surface area contributed by atoms with Crippen LogP contribution in [0, 0.1) is 0 Å². The van der Waals surface area contributed by atoms with E-state index in [1.807, 2.05) is 6.92 Å². The lowest BCUT2D eigenvalue weighted by molar-refractivity contribution is -0.139. The third kappa shape index (κ3) is 6.94. The zero-order valence-corrected chi connectivity index (χ0v) is 12.3. The van der Waals surface area contributed by atoms with Crippen molar-refractivity contribution >= 4 is 17.9 Å². The van der Waals surface area contributed by atoms with Gasteiger partial charge >= 0.3 is 12.0 Å². The topological polar surface area (TPSA) is 125 Å². The van der Waals surface area contributed by atoms with Crippen LogP contribution in [-0.2, 0) is 9.59 Å². The number of carboxylic acid groups (broad SMARTS) is 1. The minimum Gasteiger partial charge on any atom is -0.480 e. The quantitative estimate of drug-likeness (QED) is 0.480. The molecular weight excluding hydrogens is 276 g/mol. The van der Waals surface area contributed by atoms with Crippen molar-refractivity contribution in [3.63, 3.8) is 0 Å². The lowest BCUT2D eigenvalue weighted by atomic mass is 10.1. The molecule has 0 saturated carbocycles. The molecule has 1 saturated heterocycles. The third-order valence-electron chi connectivity index (χ3n) is 3.39. The first-order valence-electron chi connectivity index (χ1n) is 7.19. The van der Waals surface area contributed by atoms with E-state index in [9.17, 15) is 14.4 Å². The van der Waals surface area contributed by atoms with Gasteiger partial charge < -0.3 is 26.4 Å². The summed E-state index contributed by atoms with van der Waals surface area (Å²) in [6, 6.07) is -1.73. The molecule has 120 valence electrons. The smallest absolute Gasteiger partial charge is 0.326 e. The van der Waals surface area contributed by atoms with Crippen LogP contribution in [0.2, 0.25) is 0 Å². The van der Waals surface area contributed by atoms with Crippen LogP contribution < -0.4 is 16.4 Å². The first-order valence-corrected chi connectivity index (χ1v) is 7.19. The molecular formula is C13H24N4O4. The number of nitrogens with zero attached hydrogens (tertiary/aromatic N) is 1. The molecule has 0 aromatic carbocycles. The summed E-state index contributed by atoms with van der Waals surface area (Å²) >= 11 is 0. The van der Waals surface area contributed by atoms with Crippen LogP contribution in [0.25, 0.3) is 0 Å². The van der Waals surface area contributed by atoms with E-state index in [1.165, 1.54) is 12.8 Å². The van der Waals surface area contributed by atoms with Crippen molar-refractivity contribution in [1.29, 1.82) is 0 Å². The van der Waals surface area contributed by atoms with Crippen molar-refractivity contribution in [2.75, 3.05) is 19.6 Å². The van der Waals surface area contributed by atoms with Gasteiger partial charge in [-0.15, -0.1) is 0 Å². The molecule has 0 aromatic rings. The van der Waals surface area contributed by atoms with Gasteiger partial charge in [0.15, 0.2) is 0 Å². The Morgan fingerprint density at radius 1 is 1.24 bits per heavy atom. The molecule has 0 radical (unpaired) electrons. The Kier molecular flexibility index (Phi) is 6.93. The second kappa shape index (κ2) is 8.46. The van der Waals surface area contributed by atoms with Gasteiger partial charge in [-0.25, -0.2) is 9.59 Å². The molecule has 0 bridgehead atoms. The zero-order chi connectivity index (χ0) is 15.8. The fourth-order valence-corrected chi connectivity index (χ4v) is 2.37.